The van der Waals surface area contributed by atoms with E-state index >= 15 is 0 Å². The normalized spacial score (nSPS) is 10.0. The summed E-state index contributed by atoms with van der Waals surface area (Å²) < 4.78 is 0. The van der Waals surface area contributed by atoms with Gasteiger partial charge in [-0.25, -0.2) is 4.79 Å². The Morgan fingerprint density at radius 3 is 2.58 bits per heavy atom. The van der Waals surface area contributed by atoms with E-state index in [1.165, 1.54) is 0 Å². The number of hydrogen-bond donors (Lipinski definition) is 3. The molecule has 1 heterocycles. The predicted molar refractivity (Wildman–Crippen MR) is 75.9 cm³/mol. The first-order chi connectivity index (χ1) is 9.19. The first kappa shape index (κ1) is 13.0. The zero-order valence-electron chi connectivity index (χ0n) is 10.7. The number of carbonyl (C=O) groups excluding carboxylic acids is 1. The van der Waals surface area contributed by atoms with Crippen LogP contribution in [0.4, 0.5) is 16.2 Å². The summed E-state index contributed by atoms with van der Waals surface area (Å²) in [6.07, 6.45) is 1.68. The number of urea groups is 1. The lowest BCUT2D eigenvalue weighted by molar-refractivity contribution is 0.262. The van der Waals surface area contributed by atoms with Crippen molar-refractivity contribution in [2.45, 2.75) is 13.5 Å². The third-order valence-electron chi connectivity index (χ3n) is 2.70. The molecule has 0 atom stereocenters. The molecule has 4 N–H and O–H groups in total. The summed E-state index contributed by atoms with van der Waals surface area (Å²) in [7, 11) is 0. The Kier molecular flexibility index (Phi) is 4.10. The average Bonchev–Trinajstić information content (AvgIpc) is 2.42. The summed E-state index contributed by atoms with van der Waals surface area (Å²) in [5.74, 6) is 0. The molecule has 0 fully saturated rings. The van der Waals surface area contributed by atoms with E-state index in [0.717, 1.165) is 16.9 Å². The summed E-state index contributed by atoms with van der Waals surface area (Å²) in [6, 6.07) is 10.7. The van der Waals surface area contributed by atoms with Crippen molar-refractivity contribution in [3.63, 3.8) is 0 Å². The highest BCUT2D eigenvalue weighted by Gasteiger charge is 2.04. The Balaban J connectivity index is 1.99. The molecule has 5 heteroatoms. The van der Waals surface area contributed by atoms with Crippen molar-refractivity contribution in [3.8, 4) is 0 Å². The molecule has 0 radical (unpaired) electrons. The van der Waals surface area contributed by atoms with E-state index in [1.54, 1.807) is 18.3 Å². The Morgan fingerprint density at radius 2 is 1.95 bits per heavy atom. The van der Waals surface area contributed by atoms with E-state index in [2.05, 4.69) is 15.6 Å². The van der Waals surface area contributed by atoms with E-state index in [9.17, 15) is 4.79 Å². The largest absolute Gasteiger partial charge is 0.326 e. The molecule has 1 aromatic carbocycles. The van der Waals surface area contributed by atoms with E-state index < -0.39 is 0 Å². The number of amides is 2. The fourth-order valence-electron chi connectivity index (χ4n) is 1.63. The van der Waals surface area contributed by atoms with E-state index in [4.69, 9.17) is 5.73 Å². The highest BCUT2D eigenvalue weighted by atomic mass is 16.2. The van der Waals surface area contributed by atoms with Crippen LogP contribution in [0.3, 0.4) is 0 Å². The summed E-state index contributed by atoms with van der Waals surface area (Å²) in [5.41, 5.74) is 8.72. The van der Waals surface area contributed by atoms with Crippen LogP contribution in [-0.4, -0.2) is 11.0 Å². The summed E-state index contributed by atoms with van der Waals surface area (Å²) >= 11 is 0. The molecule has 2 rings (SSSR count). The number of nitrogens with two attached hydrogens (primary N) is 1. The van der Waals surface area contributed by atoms with Crippen molar-refractivity contribution in [1.29, 1.82) is 0 Å². The van der Waals surface area contributed by atoms with Crippen LogP contribution in [0.5, 0.6) is 0 Å². The van der Waals surface area contributed by atoms with E-state index in [0.29, 0.717) is 12.2 Å². The second-order valence-corrected chi connectivity index (χ2v) is 4.12. The highest BCUT2D eigenvalue weighted by molar-refractivity contribution is 6.00. The minimum atomic E-state index is -0.295. The van der Waals surface area contributed by atoms with Gasteiger partial charge in [0.15, 0.2) is 0 Å². The molecule has 2 amide bonds. The van der Waals surface area contributed by atoms with Crippen molar-refractivity contribution in [3.05, 3.63) is 53.9 Å². The minimum Gasteiger partial charge on any atom is -0.326 e. The number of benzene rings is 1. The predicted octanol–water partition coefficient (Wildman–Crippen LogP) is 2.49. The maximum atomic E-state index is 11.8. The smallest absolute Gasteiger partial charge is 0.323 e. The van der Waals surface area contributed by atoms with Gasteiger partial charge in [0, 0.05) is 18.4 Å². The van der Waals surface area contributed by atoms with Gasteiger partial charge >= 0.3 is 6.03 Å². The monoisotopic (exact) mass is 256 g/mol. The van der Waals surface area contributed by atoms with Crippen LogP contribution in [0, 0.1) is 6.92 Å². The second-order valence-electron chi connectivity index (χ2n) is 4.12. The molecule has 0 unspecified atom stereocenters. The number of hydrogen-bond acceptors (Lipinski definition) is 3. The molecule has 0 aliphatic carbocycles. The quantitative estimate of drug-likeness (QED) is 0.789. The summed E-state index contributed by atoms with van der Waals surface area (Å²) in [6.45, 7) is 2.33. The van der Waals surface area contributed by atoms with Gasteiger partial charge in [0.25, 0.3) is 0 Å². The molecule has 0 saturated carbocycles. The van der Waals surface area contributed by atoms with Crippen LogP contribution in [0.2, 0.25) is 0 Å². The Labute approximate surface area is 111 Å². The van der Waals surface area contributed by atoms with Crippen molar-refractivity contribution in [2.75, 3.05) is 10.6 Å². The maximum Gasteiger partial charge on any atom is 0.323 e. The van der Waals surface area contributed by atoms with E-state index in [1.807, 2.05) is 31.2 Å². The summed E-state index contributed by atoms with van der Waals surface area (Å²) in [4.78, 5) is 15.9. The fraction of sp³-hybridized carbons (Fsp3) is 0.143. The molecule has 2 aromatic rings. The molecular weight excluding hydrogens is 240 g/mol. The van der Waals surface area contributed by atoms with Gasteiger partial charge in [0.2, 0.25) is 0 Å². The van der Waals surface area contributed by atoms with Crippen molar-refractivity contribution in [2.24, 2.45) is 5.73 Å². The highest BCUT2D eigenvalue weighted by Crippen LogP contribution is 2.12. The maximum absolute atomic E-state index is 11.8. The van der Waals surface area contributed by atoms with Gasteiger partial charge in [0.1, 0.15) is 0 Å². The van der Waals surface area contributed by atoms with Crippen LogP contribution < -0.4 is 16.4 Å². The van der Waals surface area contributed by atoms with Crippen LogP contribution in [0.15, 0.2) is 42.6 Å². The van der Waals surface area contributed by atoms with Gasteiger partial charge in [-0.2, -0.15) is 0 Å². The molecule has 1 aromatic heterocycles. The number of pyridine rings is 1. The standard InChI is InChI=1S/C14H16N4O/c1-10-13(3-2-8-16-10)18-14(19)17-12-6-4-11(9-15)5-7-12/h2-8H,9,15H2,1H3,(H2,17,18,19). The fourth-order valence-corrected chi connectivity index (χ4v) is 1.63. The van der Waals surface area contributed by atoms with Crippen molar-refractivity contribution >= 4 is 17.4 Å². The number of anilines is 2. The van der Waals surface area contributed by atoms with Gasteiger partial charge in [0.05, 0.1) is 11.4 Å². The Morgan fingerprint density at radius 1 is 1.21 bits per heavy atom. The molecule has 19 heavy (non-hydrogen) atoms. The number of nitrogens with zero attached hydrogens (tertiary/aromatic N) is 1. The van der Waals surface area contributed by atoms with E-state index in [-0.39, 0.29) is 6.03 Å². The molecule has 0 spiro atoms. The molecule has 5 nitrogen and oxygen atoms in total. The topological polar surface area (TPSA) is 80.0 Å². The zero-order valence-corrected chi connectivity index (χ0v) is 10.7. The third kappa shape index (κ3) is 3.53. The SMILES string of the molecule is Cc1ncccc1NC(=O)Nc1ccc(CN)cc1. The Hall–Kier alpha value is -2.40. The first-order valence-corrected chi connectivity index (χ1v) is 5.97. The third-order valence-corrected chi connectivity index (χ3v) is 2.70. The van der Waals surface area contributed by atoms with Gasteiger partial charge < -0.3 is 16.4 Å². The van der Waals surface area contributed by atoms with Crippen molar-refractivity contribution in [1.82, 2.24) is 4.98 Å². The first-order valence-electron chi connectivity index (χ1n) is 5.97. The lowest BCUT2D eigenvalue weighted by Gasteiger charge is -2.09. The van der Waals surface area contributed by atoms with Crippen LogP contribution in [0.25, 0.3) is 0 Å². The minimum absolute atomic E-state index is 0.295. The molecule has 0 bridgehead atoms. The molecule has 0 aliphatic rings. The van der Waals surface area contributed by atoms with Crippen LogP contribution in [0.1, 0.15) is 11.3 Å². The lowest BCUT2D eigenvalue weighted by atomic mass is 10.2. The average molecular weight is 256 g/mol. The number of nitrogens with one attached hydrogen (secondary N) is 2. The van der Waals surface area contributed by atoms with Crippen LogP contribution in [-0.2, 0) is 6.54 Å². The van der Waals surface area contributed by atoms with Gasteiger partial charge in [-0.1, -0.05) is 12.1 Å². The number of aryl methyl sites for hydroxylation is 1. The Bertz CT molecular complexity index is 566. The number of rotatable bonds is 3. The molecular formula is C14H16N4O. The molecule has 0 aliphatic heterocycles. The van der Waals surface area contributed by atoms with Gasteiger partial charge in [-0.05, 0) is 36.8 Å². The lowest BCUT2D eigenvalue weighted by Crippen LogP contribution is -2.20. The van der Waals surface area contributed by atoms with Gasteiger partial charge in [-0.3, -0.25) is 4.98 Å². The van der Waals surface area contributed by atoms with Crippen molar-refractivity contribution < 1.29 is 4.79 Å². The van der Waals surface area contributed by atoms with Crippen LogP contribution >= 0.6 is 0 Å². The second kappa shape index (κ2) is 5.97. The number of aromatic nitrogens is 1. The number of carbonyl (C=O) groups is 1. The van der Waals surface area contributed by atoms with Gasteiger partial charge in [-0.15, -0.1) is 0 Å². The molecule has 98 valence electrons. The summed E-state index contributed by atoms with van der Waals surface area (Å²) in [5, 5.41) is 5.50. The zero-order chi connectivity index (χ0) is 13.7. The molecule has 0 saturated heterocycles.